The van der Waals surface area contributed by atoms with E-state index in [0.29, 0.717) is 6.61 Å². The molecule has 0 fully saturated rings. The Kier molecular flexibility index (Phi) is 4.72. The maximum atomic E-state index is 11.9. The Labute approximate surface area is 115 Å². The van der Waals surface area contributed by atoms with Crippen LogP contribution in [0.4, 0.5) is 5.69 Å². The molecule has 1 unspecified atom stereocenters. The molecule has 0 spiro atoms. The number of aliphatic imine (C=N–C) groups is 1. The molecule has 5 heteroatoms. The third kappa shape index (κ3) is 2.90. The highest BCUT2D eigenvalue weighted by Crippen LogP contribution is 2.33. The van der Waals surface area contributed by atoms with E-state index in [1.807, 2.05) is 31.4 Å². The third-order valence-electron chi connectivity index (χ3n) is 2.56. The van der Waals surface area contributed by atoms with E-state index in [-0.39, 0.29) is 11.2 Å². The van der Waals surface area contributed by atoms with Crippen molar-refractivity contribution < 1.29 is 9.53 Å². The minimum Gasteiger partial charge on any atom is -0.465 e. The topological polar surface area (TPSA) is 38.7 Å². The van der Waals surface area contributed by atoms with Gasteiger partial charge in [-0.1, -0.05) is 18.2 Å². The molecule has 2 rings (SSSR count). The summed E-state index contributed by atoms with van der Waals surface area (Å²) in [6, 6.07) is 8.00. The number of thioether (sulfide) groups is 2. The molecule has 1 atom stereocenters. The maximum Gasteiger partial charge on any atom is 0.325 e. The quantitative estimate of drug-likeness (QED) is 0.780. The summed E-state index contributed by atoms with van der Waals surface area (Å²) in [4.78, 5) is 16.5. The molecule has 0 aliphatic carbocycles. The number of rotatable bonds is 2. The second-order valence-corrected chi connectivity index (χ2v) is 5.65. The molecule has 1 aliphatic rings. The Bertz CT molecular complexity index is 474. The molecule has 3 nitrogen and oxygen atoms in total. The summed E-state index contributed by atoms with van der Waals surface area (Å²) in [5.74, 6) is 0.594. The van der Waals surface area contributed by atoms with E-state index in [2.05, 4.69) is 11.1 Å². The Balaban J connectivity index is 2.30. The van der Waals surface area contributed by atoms with E-state index < -0.39 is 0 Å². The van der Waals surface area contributed by atoms with Gasteiger partial charge in [-0.25, -0.2) is 4.99 Å². The van der Waals surface area contributed by atoms with Gasteiger partial charge < -0.3 is 4.74 Å². The van der Waals surface area contributed by atoms with Crippen molar-refractivity contribution in [3.05, 3.63) is 29.8 Å². The van der Waals surface area contributed by atoms with Crippen molar-refractivity contribution in [2.45, 2.75) is 17.9 Å². The number of carbonyl (C=O) groups is 1. The van der Waals surface area contributed by atoms with Crippen LogP contribution in [0.2, 0.25) is 0 Å². The molecule has 1 aromatic rings. The SMILES string of the molecule is CCOC(=O)C1SCc2ccccc2N=C1SC. The number of benzene rings is 1. The van der Waals surface area contributed by atoms with Gasteiger partial charge in [-0.15, -0.1) is 23.5 Å². The highest BCUT2D eigenvalue weighted by molar-refractivity contribution is 8.16. The first-order valence-electron chi connectivity index (χ1n) is 5.75. The van der Waals surface area contributed by atoms with Crippen LogP contribution >= 0.6 is 23.5 Å². The van der Waals surface area contributed by atoms with Gasteiger partial charge in [-0.2, -0.15) is 0 Å². The second kappa shape index (κ2) is 6.29. The molecule has 96 valence electrons. The average Bonchev–Trinajstić information content (AvgIpc) is 2.57. The number of esters is 1. The number of ether oxygens (including phenoxy) is 1. The summed E-state index contributed by atoms with van der Waals surface area (Å²) in [7, 11) is 0. The molecule has 0 N–H and O–H groups in total. The van der Waals surface area contributed by atoms with Crippen LogP contribution in [0, 0.1) is 0 Å². The summed E-state index contributed by atoms with van der Waals surface area (Å²) in [6.07, 6.45) is 1.94. The molecular formula is C13H15NO2S2. The standard InChI is InChI=1S/C13H15NO2S2/c1-3-16-13(15)11-12(17-2)14-10-7-5-4-6-9(10)8-18-11/h4-7,11H,3,8H2,1-2H3. The molecule has 18 heavy (non-hydrogen) atoms. The lowest BCUT2D eigenvalue weighted by molar-refractivity contribution is -0.141. The highest BCUT2D eigenvalue weighted by Gasteiger charge is 2.28. The van der Waals surface area contributed by atoms with Gasteiger partial charge in [0.15, 0.2) is 5.25 Å². The van der Waals surface area contributed by atoms with Crippen LogP contribution in [0.25, 0.3) is 0 Å². The number of carbonyl (C=O) groups excluding carboxylic acids is 1. The van der Waals surface area contributed by atoms with Crippen molar-refractivity contribution in [1.29, 1.82) is 0 Å². The van der Waals surface area contributed by atoms with Gasteiger partial charge in [-0.3, -0.25) is 4.79 Å². The summed E-state index contributed by atoms with van der Waals surface area (Å²) in [5.41, 5.74) is 2.13. The van der Waals surface area contributed by atoms with Crippen LogP contribution in [0.1, 0.15) is 12.5 Å². The highest BCUT2D eigenvalue weighted by atomic mass is 32.2. The number of hydrogen-bond acceptors (Lipinski definition) is 5. The third-order valence-corrected chi connectivity index (χ3v) is 4.68. The monoisotopic (exact) mass is 281 g/mol. The van der Waals surface area contributed by atoms with Gasteiger partial charge in [0.25, 0.3) is 0 Å². The average molecular weight is 281 g/mol. The van der Waals surface area contributed by atoms with Gasteiger partial charge in [0.2, 0.25) is 0 Å². The number of nitrogens with zero attached hydrogens (tertiary/aromatic N) is 1. The minimum absolute atomic E-state index is 0.191. The molecule has 0 aromatic heterocycles. The summed E-state index contributed by atoms with van der Waals surface area (Å²) in [5, 5.41) is 0.524. The van der Waals surface area contributed by atoms with E-state index >= 15 is 0 Å². The van der Waals surface area contributed by atoms with Crippen molar-refractivity contribution >= 4 is 40.2 Å². The van der Waals surface area contributed by atoms with Crippen LogP contribution in [0.15, 0.2) is 29.3 Å². The Morgan fingerprint density at radius 3 is 3.06 bits per heavy atom. The van der Waals surface area contributed by atoms with Gasteiger partial charge >= 0.3 is 5.97 Å². The molecule has 0 amide bonds. The van der Waals surface area contributed by atoms with Gasteiger partial charge in [0.05, 0.1) is 17.3 Å². The van der Waals surface area contributed by atoms with Crippen molar-refractivity contribution in [1.82, 2.24) is 0 Å². The zero-order valence-corrected chi connectivity index (χ0v) is 12.0. The summed E-state index contributed by atoms with van der Waals surface area (Å²) in [6.45, 7) is 2.23. The predicted molar refractivity (Wildman–Crippen MR) is 78.8 cm³/mol. The molecule has 0 bridgehead atoms. The van der Waals surface area contributed by atoms with E-state index in [4.69, 9.17) is 4.74 Å². The fraction of sp³-hybridized carbons (Fsp3) is 0.385. The largest absolute Gasteiger partial charge is 0.465 e. The molecule has 0 saturated heterocycles. The zero-order chi connectivity index (χ0) is 13.0. The lowest BCUT2D eigenvalue weighted by Crippen LogP contribution is -2.26. The molecule has 1 heterocycles. The van der Waals surface area contributed by atoms with Crippen molar-refractivity contribution in [3.63, 3.8) is 0 Å². The lowest BCUT2D eigenvalue weighted by atomic mass is 10.2. The van der Waals surface area contributed by atoms with Gasteiger partial charge in [0, 0.05) is 5.75 Å². The Hall–Kier alpha value is -0.940. The van der Waals surface area contributed by atoms with E-state index in [9.17, 15) is 4.79 Å². The number of hydrogen-bond donors (Lipinski definition) is 0. The molecule has 1 aromatic carbocycles. The second-order valence-electron chi connectivity index (χ2n) is 3.73. The summed E-state index contributed by atoms with van der Waals surface area (Å²) < 4.78 is 5.11. The van der Waals surface area contributed by atoms with Crippen LogP contribution in [-0.4, -0.2) is 29.1 Å². The smallest absolute Gasteiger partial charge is 0.325 e. The lowest BCUT2D eigenvalue weighted by Gasteiger charge is -2.13. The van der Waals surface area contributed by atoms with Crippen LogP contribution < -0.4 is 0 Å². The van der Waals surface area contributed by atoms with Gasteiger partial charge in [0.1, 0.15) is 0 Å². The minimum atomic E-state index is -0.299. The normalized spacial score (nSPS) is 18.6. The molecular weight excluding hydrogens is 266 g/mol. The van der Waals surface area contributed by atoms with Crippen molar-refractivity contribution in [3.8, 4) is 0 Å². The zero-order valence-electron chi connectivity index (χ0n) is 10.4. The molecule has 0 radical (unpaired) electrons. The maximum absolute atomic E-state index is 11.9. The molecule has 1 aliphatic heterocycles. The van der Waals surface area contributed by atoms with Crippen molar-refractivity contribution in [2.75, 3.05) is 12.9 Å². The van der Waals surface area contributed by atoms with E-state index in [1.165, 1.54) is 17.3 Å². The number of para-hydroxylation sites is 1. The fourth-order valence-electron chi connectivity index (χ4n) is 1.70. The fourth-order valence-corrected chi connectivity index (χ4v) is 3.69. The Morgan fingerprint density at radius 1 is 1.56 bits per heavy atom. The first-order valence-corrected chi connectivity index (χ1v) is 8.02. The van der Waals surface area contributed by atoms with Gasteiger partial charge in [-0.05, 0) is 24.8 Å². The van der Waals surface area contributed by atoms with Crippen LogP contribution in [-0.2, 0) is 15.3 Å². The first-order chi connectivity index (χ1) is 8.76. The Morgan fingerprint density at radius 2 is 2.33 bits per heavy atom. The van der Waals surface area contributed by atoms with E-state index in [0.717, 1.165) is 16.5 Å². The molecule has 0 saturated carbocycles. The number of fused-ring (bicyclic) bond motifs is 1. The van der Waals surface area contributed by atoms with Crippen LogP contribution in [0.5, 0.6) is 0 Å². The predicted octanol–water partition coefficient (Wildman–Crippen LogP) is 3.26. The van der Waals surface area contributed by atoms with E-state index in [1.54, 1.807) is 11.8 Å². The first kappa shape index (κ1) is 13.5. The van der Waals surface area contributed by atoms with Crippen molar-refractivity contribution in [2.24, 2.45) is 4.99 Å². The van der Waals surface area contributed by atoms with Crippen LogP contribution in [0.3, 0.4) is 0 Å². The summed E-state index contributed by atoms with van der Waals surface area (Å²) >= 11 is 3.09.